The number of halogens is 1. The van der Waals surface area contributed by atoms with Crippen LogP contribution in [0.1, 0.15) is 22.3 Å². The number of nitrogens with one attached hydrogen (secondary N) is 2. The number of hydrogen-bond acceptors (Lipinski definition) is 4. The summed E-state index contributed by atoms with van der Waals surface area (Å²) in [5, 5.41) is 6.14. The minimum atomic E-state index is -0.164. The second kappa shape index (κ2) is 8.80. The largest absolute Gasteiger partial charge is 0.370 e. The Bertz CT molecular complexity index is 686. The fourth-order valence-corrected chi connectivity index (χ4v) is 2.42. The number of hydrogen-bond donors (Lipinski definition) is 2. The van der Waals surface area contributed by atoms with E-state index in [1.807, 2.05) is 31.2 Å². The number of nitrogens with zero attached hydrogens (tertiary/aromatic N) is 2. The van der Waals surface area contributed by atoms with Crippen LogP contribution < -0.4 is 10.6 Å². The van der Waals surface area contributed by atoms with Crippen LogP contribution in [0.25, 0.3) is 0 Å². The lowest BCUT2D eigenvalue weighted by atomic mass is 10.2. The number of carbonyl (C=O) groups is 1. The van der Waals surface area contributed by atoms with Gasteiger partial charge >= 0.3 is 0 Å². The third-order valence-corrected chi connectivity index (χ3v) is 4.42. The van der Waals surface area contributed by atoms with Gasteiger partial charge in [-0.1, -0.05) is 15.9 Å². The SMILES string of the molecule is Cc1cc(NC(=O)c2ccc(NCCCN(C)C)nc2)ccc1Br. The first-order valence-corrected chi connectivity index (χ1v) is 8.67. The van der Waals surface area contributed by atoms with Crippen LogP contribution in [0.3, 0.4) is 0 Å². The van der Waals surface area contributed by atoms with Gasteiger partial charge in [-0.15, -0.1) is 0 Å². The molecule has 2 aromatic rings. The van der Waals surface area contributed by atoms with Crippen molar-refractivity contribution in [1.82, 2.24) is 9.88 Å². The highest BCUT2D eigenvalue weighted by molar-refractivity contribution is 9.10. The topological polar surface area (TPSA) is 57.3 Å². The molecule has 0 unspecified atom stereocenters. The summed E-state index contributed by atoms with van der Waals surface area (Å²) in [5.41, 5.74) is 2.38. The van der Waals surface area contributed by atoms with Crippen molar-refractivity contribution in [3.8, 4) is 0 Å². The number of anilines is 2. The summed E-state index contributed by atoms with van der Waals surface area (Å²) in [4.78, 5) is 18.7. The van der Waals surface area contributed by atoms with Crippen LogP contribution in [0, 0.1) is 6.92 Å². The lowest BCUT2D eigenvalue weighted by Gasteiger charge is -2.10. The van der Waals surface area contributed by atoms with Crippen molar-refractivity contribution in [1.29, 1.82) is 0 Å². The average Bonchev–Trinajstić information content (AvgIpc) is 2.55. The molecule has 0 aliphatic carbocycles. The number of aryl methyl sites for hydroxylation is 1. The average molecular weight is 391 g/mol. The van der Waals surface area contributed by atoms with Gasteiger partial charge in [0.25, 0.3) is 5.91 Å². The van der Waals surface area contributed by atoms with Crippen molar-refractivity contribution >= 4 is 33.3 Å². The zero-order chi connectivity index (χ0) is 17.5. The lowest BCUT2D eigenvalue weighted by Crippen LogP contribution is -2.17. The van der Waals surface area contributed by atoms with E-state index in [2.05, 4.69) is 50.5 Å². The predicted octanol–water partition coefficient (Wildman–Crippen LogP) is 3.77. The highest BCUT2D eigenvalue weighted by Crippen LogP contribution is 2.20. The number of pyridine rings is 1. The maximum atomic E-state index is 12.3. The van der Waals surface area contributed by atoms with E-state index < -0.39 is 0 Å². The highest BCUT2D eigenvalue weighted by atomic mass is 79.9. The molecule has 5 nitrogen and oxygen atoms in total. The van der Waals surface area contributed by atoms with Gasteiger partial charge in [0.2, 0.25) is 0 Å². The molecular formula is C18H23BrN4O. The number of aromatic nitrogens is 1. The molecule has 0 atom stereocenters. The molecule has 0 bridgehead atoms. The Morgan fingerprint density at radius 2 is 2.04 bits per heavy atom. The van der Waals surface area contributed by atoms with Gasteiger partial charge in [0.05, 0.1) is 5.56 Å². The molecule has 0 spiro atoms. The monoisotopic (exact) mass is 390 g/mol. The molecule has 2 N–H and O–H groups in total. The molecule has 0 aliphatic heterocycles. The highest BCUT2D eigenvalue weighted by Gasteiger charge is 2.07. The third kappa shape index (κ3) is 5.62. The Kier molecular flexibility index (Phi) is 6.75. The Hall–Kier alpha value is -1.92. The third-order valence-electron chi connectivity index (χ3n) is 3.53. The Labute approximate surface area is 151 Å². The molecule has 128 valence electrons. The van der Waals surface area contributed by atoms with Crippen LogP contribution in [0.15, 0.2) is 41.0 Å². The van der Waals surface area contributed by atoms with Crippen LogP contribution in [0.2, 0.25) is 0 Å². The predicted molar refractivity (Wildman–Crippen MR) is 103 cm³/mol. The second-order valence-corrected chi connectivity index (χ2v) is 6.79. The molecule has 6 heteroatoms. The Morgan fingerprint density at radius 3 is 2.67 bits per heavy atom. The summed E-state index contributed by atoms with van der Waals surface area (Å²) in [6, 6.07) is 9.32. The standard InChI is InChI=1S/C18H23BrN4O/c1-13-11-15(6-7-16(13)19)22-18(24)14-5-8-17(21-12-14)20-9-4-10-23(2)3/h5-8,11-12H,4,9-10H2,1-3H3,(H,20,21)(H,22,24). The van der Waals surface area contributed by atoms with Gasteiger partial charge in [0.15, 0.2) is 0 Å². The zero-order valence-corrected chi connectivity index (χ0v) is 15.9. The molecule has 1 amide bonds. The Morgan fingerprint density at radius 1 is 1.25 bits per heavy atom. The van der Waals surface area contributed by atoms with E-state index in [1.165, 1.54) is 0 Å². The molecule has 1 aromatic heterocycles. The van der Waals surface area contributed by atoms with Crippen molar-refractivity contribution in [3.63, 3.8) is 0 Å². The molecule has 24 heavy (non-hydrogen) atoms. The minimum absolute atomic E-state index is 0.164. The molecule has 0 saturated carbocycles. The van der Waals surface area contributed by atoms with Crippen molar-refractivity contribution in [2.45, 2.75) is 13.3 Å². The summed E-state index contributed by atoms with van der Waals surface area (Å²) in [6.45, 7) is 3.87. The number of rotatable bonds is 7. The molecule has 0 saturated heterocycles. The van der Waals surface area contributed by atoms with Crippen LogP contribution in [0.5, 0.6) is 0 Å². The van der Waals surface area contributed by atoms with Crippen molar-refractivity contribution in [2.24, 2.45) is 0 Å². The second-order valence-electron chi connectivity index (χ2n) is 5.93. The van der Waals surface area contributed by atoms with E-state index in [4.69, 9.17) is 0 Å². The summed E-state index contributed by atoms with van der Waals surface area (Å²) >= 11 is 3.45. The zero-order valence-electron chi connectivity index (χ0n) is 14.3. The molecule has 2 rings (SSSR count). The van der Waals surface area contributed by atoms with Crippen molar-refractivity contribution < 1.29 is 4.79 Å². The van der Waals surface area contributed by atoms with E-state index in [1.54, 1.807) is 12.3 Å². The van der Waals surface area contributed by atoms with Crippen LogP contribution in [0.4, 0.5) is 11.5 Å². The van der Waals surface area contributed by atoms with Gasteiger partial charge in [-0.05, 0) is 69.9 Å². The fourth-order valence-electron chi connectivity index (χ4n) is 2.17. The number of benzene rings is 1. The first-order chi connectivity index (χ1) is 11.5. The van der Waals surface area contributed by atoms with Gasteiger partial charge in [-0.25, -0.2) is 4.98 Å². The van der Waals surface area contributed by atoms with E-state index in [0.717, 1.165) is 41.1 Å². The van der Waals surface area contributed by atoms with Crippen LogP contribution >= 0.6 is 15.9 Å². The molecule has 0 fully saturated rings. The summed E-state index contributed by atoms with van der Waals surface area (Å²) in [7, 11) is 4.11. The van der Waals surface area contributed by atoms with E-state index in [0.29, 0.717) is 5.56 Å². The van der Waals surface area contributed by atoms with Gasteiger partial charge in [-0.3, -0.25) is 4.79 Å². The smallest absolute Gasteiger partial charge is 0.257 e. The van der Waals surface area contributed by atoms with Crippen LogP contribution in [-0.4, -0.2) is 43.0 Å². The fraction of sp³-hybridized carbons (Fsp3) is 0.333. The first-order valence-electron chi connectivity index (χ1n) is 7.88. The van der Waals surface area contributed by atoms with Crippen LogP contribution in [-0.2, 0) is 0 Å². The normalized spacial score (nSPS) is 10.7. The van der Waals surface area contributed by atoms with Gasteiger partial charge < -0.3 is 15.5 Å². The van der Waals surface area contributed by atoms with Gasteiger partial charge in [-0.2, -0.15) is 0 Å². The Balaban J connectivity index is 1.89. The molecular weight excluding hydrogens is 368 g/mol. The van der Waals surface area contributed by atoms with Gasteiger partial charge in [0, 0.05) is 22.9 Å². The molecule has 0 radical (unpaired) electrons. The summed E-state index contributed by atoms with van der Waals surface area (Å²) in [6.07, 6.45) is 2.63. The first kappa shape index (κ1) is 18.4. The maximum absolute atomic E-state index is 12.3. The quantitative estimate of drug-likeness (QED) is 0.706. The van der Waals surface area contributed by atoms with Gasteiger partial charge in [0.1, 0.15) is 5.82 Å². The van der Waals surface area contributed by atoms with E-state index in [9.17, 15) is 4.79 Å². The van der Waals surface area contributed by atoms with Crippen molar-refractivity contribution in [2.75, 3.05) is 37.8 Å². The van der Waals surface area contributed by atoms with Crippen molar-refractivity contribution in [3.05, 3.63) is 52.1 Å². The van der Waals surface area contributed by atoms with E-state index in [-0.39, 0.29) is 5.91 Å². The minimum Gasteiger partial charge on any atom is -0.370 e. The lowest BCUT2D eigenvalue weighted by molar-refractivity contribution is 0.102. The number of amides is 1. The van der Waals surface area contributed by atoms with E-state index >= 15 is 0 Å². The summed E-state index contributed by atoms with van der Waals surface area (Å²) in [5.74, 6) is 0.619. The summed E-state index contributed by atoms with van der Waals surface area (Å²) < 4.78 is 1.02. The molecule has 0 aliphatic rings. The molecule has 1 aromatic carbocycles. The maximum Gasteiger partial charge on any atom is 0.257 e. The number of carbonyl (C=O) groups excluding carboxylic acids is 1. The molecule has 1 heterocycles.